The van der Waals surface area contributed by atoms with Gasteiger partial charge in [0.25, 0.3) is 5.56 Å². The predicted molar refractivity (Wildman–Crippen MR) is 130 cm³/mol. The molecular weight excluding hydrogens is 416 g/mol. The van der Waals surface area contributed by atoms with Crippen LogP contribution in [0.15, 0.2) is 71.5 Å². The first-order valence-electron chi connectivity index (χ1n) is 10.8. The second kappa shape index (κ2) is 8.43. The van der Waals surface area contributed by atoms with Crippen LogP contribution in [0.4, 0.5) is 11.4 Å². The molecule has 7 heteroatoms. The van der Waals surface area contributed by atoms with E-state index in [4.69, 9.17) is 4.74 Å². The largest absolute Gasteiger partial charge is 0.497 e. The number of anilines is 2. The van der Waals surface area contributed by atoms with Crippen LogP contribution in [0, 0.1) is 6.92 Å². The van der Waals surface area contributed by atoms with Crippen molar-refractivity contribution in [2.45, 2.75) is 19.4 Å². The minimum Gasteiger partial charge on any atom is -0.497 e. The molecule has 166 valence electrons. The van der Waals surface area contributed by atoms with Crippen LogP contribution in [0.3, 0.4) is 0 Å². The Labute approximate surface area is 191 Å². The molecule has 4 aromatic rings. The Hall–Kier alpha value is -4.13. The number of benzene rings is 3. The van der Waals surface area contributed by atoms with E-state index < -0.39 is 0 Å². The lowest BCUT2D eigenvalue weighted by molar-refractivity contribution is -0.117. The molecule has 7 nitrogen and oxygen atoms in total. The summed E-state index contributed by atoms with van der Waals surface area (Å²) in [7, 11) is 1.63. The number of methoxy groups -OCH3 is 1. The van der Waals surface area contributed by atoms with Gasteiger partial charge in [0.1, 0.15) is 11.8 Å². The van der Waals surface area contributed by atoms with E-state index in [2.05, 4.69) is 15.5 Å². The second-order valence-corrected chi connectivity index (χ2v) is 8.21. The van der Waals surface area contributed by atoms with E-state index >= 15 is 0 Å². The van der Waals surface area contributed by atoms with Crippen molar-refractivity contribution in [1.82, 2.24) is 10.2 Å². The maximum absolute atomic E-state index is 13.1. The highest BCUT2D eigenvalue weighted by Gasteiger charge is 2.32. The summed E-state index contributed by atoms with van der Waals surface area (Å²) >= 11 is 0. The quantitative estimate of drug-likeness (QED) is 0.487. The van der Waals surface area contributed by atoms with Crippen LogP contribution in [0.5, 0.6) is 5.75 Å². The molecule has 3 aromatic carbocycles. The average Bonchev–Trinajstić information content (AvgIpc) is 3.19. The van der Waals surface area contributed by atoms with E-state index in [9.17, 15) is 9.59 Å². The van der Waals surface area contributed by atoms with Gasteiger partial charge in [-0.25, -0.2) is 5.10 Å². The molecule has 1 atom stereocenters. The average molecular weight is 441 g/mol. The van der Waals surface area contributed by atoms with Gasteiger partial charge in [-0.1, -0.05) is 30.3 Å². The van der Waals surface area contributed by atoms with Gasteiger partial charge in [0, 0.05) is 34.9 Å². The molecule has 1 fully saturated rings. The molecule has 1 saturated heterocycles. The molecule has 1 amide bonds. The number of aromatic nitrogens is 2. The maximum atomic E-state index is 13.1. The summed E-state index contributed by atoms with van der Waals surface area (Å²) in [5.41, 5.74) is 4.15. The fourth-order valence-electron chi connectivity index (χ4n) is 4.35. The molecular formula is C26H24N4O3. The SMILES string of the molecule is COc1cc(C)cc(NC2CCN(c3ccc(-c4n[nH]c(=O)c5ccccc45)cc3)C2=O)c1. The number of nitrogens with zero attached hydrogens (tertiary/aromatic N) is 2. The van der Waals surface area contributed by atoms with E-state index in [1.165, 1.54) is 0 Å². The minimum absolute atomic E-state index is 0.0378. The smallest absolute Gasteiger partial charge is 0.272 e. The standard InChI is InChI=1S/C26H24N4O3/c1-16-13-18(15-20(14-16)33-2)27-23-11-12-30(26(23)32)19-9-7-17(8-10-19)24-21-5-3-4-6-22(21)25(31)29-28-24/h3-10,13-15,23,27H,11-12H2,1-2H3,(H,29,31). The van der Waals surface area contributed by atoms with Gasteiger partial charge < -0.3 is 15.0 Å². The molecule has 0 saturated carbocycles. The first-order chi connectivity index (χ1) is 16.0. The molecule has 0 radical (unpaired) electrons. The van der Waals surface area contributed by atoms with E-state index in [-0.39, 0.29) is 17.5 Å². The fourth-order valence-corrected chi connectivity index (χ4v) is 4.35. The van der Waals surface area contributed by atoms with Crippen molar-refractivity contribution in [3.8, 4) is 17.0 Å². The first kappa shape index (κ1) is 20.8. The zero-order chi connectivity index (χ0) is 22.9. The van der Waals surface area contributed by atoms with E-state index in [1.807, 2.05) is 67.6 Å². The molecule has 1 unspecified atom stereocenters. The van der Waals surface area contributed by atoms with Crippen LogP contribution >= 0.6 is 0 Å². The van der Waals surface area contributed by atoms with Crippen molar-refractivity contribution in [2.75, 3.05) is 23.9 Å². The van der Waals surface area contributed by atoms with Gasteiger partial charge in [0.05, 0.1) is 18.2 Å². The third-order valence-electron chi connectivity index (χ3n) is 5.98. The normalized spacial score (nSPS) is 15.8. The van der Waals surface area contributed by atoms with Crippen LogP contribution in [0.25, 0.3) is 22.0 Å². The van der Waals surface area contributed by atoms with Gasteiger partial charge >= 0.3 is 0 Å². The number of hydrogen-bond acceptors (Lipinski definition) is 5. The molecule has 0 spiro atoms. The summed E-state index contributed by atoms with van der Waals surface area (Å²) in [4.78, 5) is 27.0. The third kappa shape index (κ3) is 3.93. The molecule has 33 heavy (non-hydrogen) atoms. The van der Waals surface area contributed by atoms with E-state index in [0.29, 0.717) is 24.0 Å². The van der Waals surface area contributed by atoms with Crippen LogP contribution in [0.2, 0.25) is 0 Å². The van der Waals surface area contributed by atoms with E-state index in [0.717, 1.165) is 33.6 Å². The lowest BCUT2D eigenvalue weighted by atomic mass is 10.0. The zero-order valence-corrected chi connectivity index (χ0v) is 18.5. The highest BCUT2D eigenvalue weighted by atomic mass is 16.5. The summed E-state index contributed by atoms with van der Waals surface area (Å²) in [6.45, 7) is 2.64. The lowest BCUT2D eigenvalue weighted by Crippen LogP contribution is -2.33. The number of aromatic amines is 1. The number of hydrogen-bond donors (Lipinski definition) is 2. The summed E-state index contributed by atoms with van der Waals surface area (Å²) in [6, 6.07) is 20.7. The topological polar surface area (TPSA) is 87.3 Å². The number of ether oxygens (including phenoxy) is 1. The van der Waals surface area contributed by atoms with Gasteiger partial charge in [-0.3, -0.25) is 9.59 Å². The Bertz CT molecular complexity index is 1400. The third-order valence-corrected chi connectivity index (χ3v) is 5.98. The maximum Gasteiger partial charge on any atom is 0.272 e. The number of aryl methyl sites for hydroxylation is 1. The fraction of sp³-hybridized carbons (Fsp3) is 0.192. The van der Waals surface area contributed by atoms with Crippen molar-refractivity contribution >= 4 is 28.1 Å². The summed E-state index contributed by atoms with van der Waals surface area (Å²) in [6.07, 6.45) is 0.711. The zero-order valence-electron chi connectivity index (χ0n) is 18.5. The Morgan fingerprint density at radius 3 is 2.55 bits per heavy atom. The van der Waals surface area contributed by atoms with Crippen molar-refractivity contribution in [3.05, 3.63) is 82.6 Å². The van der Waals surface area contributed by atoms with Crippen molar-refractivity contribution in [2.24, 2.45) is 0 Å². The number of carbonyl (C=O) groups excluding carboxylic acids is 1. The van der Waals surface area contributed by atoms with Crippen LogP contribution in [-0.4, -0.2) is 35.8 Å². The number of rotatable bonds is 5. The minimum atomic E-state index is -0.291. The Balaban J connectivity index is 1.36. The Morgan fingerprint density at radius 2 is 1.79 bits per heavy atom. The lowest BCUT2D eigenvalue weighted by Gasteiger charge is -2.18. The highest BCUT2D eigenvalue weighted by molar-refractivity contribution is 6.01. The molecule has 2 N–H and O–H groups in total. The summed E-state index contributed by atoms with van der Waals surface area (Å²) in [5, 5.41) is 11.6. The molecule has 1 aliphatic heterocycles. The number of nitrogens with one attached hydrogen (secondary N) is 2. The molecule has 1 aromatic heterocycles. The van der Waals surface area contributed by atoms with Crippen LogP contribution in [0.1, 0.15) is 12.0 Å². The molecule has 0 bridgehead atoms. The molecule has 2 heterocycles. The number of amides is 1. The first-order valence-corrected chi connectivity index (χ1v) is 10.8. The Morgan fingerprint density at radius 1 is 1.03 bits per heavy atom. The van der Waals surface area contributed by atoms with Crippen molar-refractivity contribution in [3.63, 3.8) is 0 Å². The second-order valence-electron chi connectivity index (χ2n) is 8.21. The number of fused-ring (bicyclic) bond motifs is 1. The van der Waals surface area contributed by atoms with Gasteiger partial charge in [-0.15, -0.1) is 0 Å². The van der Waals surface area contributed by atoms with Crippen molar-refractivity contribution in [1.29, 1.82) is 0 Å². The number of H-pyrrole nitrogens is 1. The summed E-state index contributed by atoms with van der Waals surface area (Å²) < 4.78 is 5.34. The highest BCUT2D eigenvalue weighted by Crippen LogP contribution is 2.29. The van der Waals surface area contributed by atoms with Crippen LogP contribution in [-0.2, 0) is 4.79 Å². The van der Waals surface area contributed by atoms with Gasteiger partial charge in [-0.2, -0.15) is 5.10 Å². The predicted octanol–water partition coefficient (Wildman–Crippen LogP) is 4.12. The monoisotopic (exact) mass is 440 g/mol. The van der Waals surface area contributed by atoms with E-state index in [1.54, 1.807) is 18.1 Å². The number of carbonyl (C=O) groups is 1. The van der Waals surface area contributed by atoms with Gasteiger partial charge in [-0.05, 0) is 49.2 Å². The van der Waals surface area contributed by atoms with Crippen molar-refractivity contribution < 1.29 is 9.53 Å². The molecule has 5 rings (SSSR count). The summed E-state index contributed by atoms with van der Waals surface area (Å²) in [5.74, 6) is 0.801. The van der Waals surface area contributed by atoms with Crippen LogP contribution < -0.4 is 20.5 Å². The van der Waals surface area contributed by atoms with Gasteiger partial charge in [0.15, 0.2) is 0 Å². The van der Waals surface area contributed by atoms with Gasteiger partial charge in [0.2, 0.25) is 5.91 Å². The molecule has 1 aliphatic rings. The Kier molecular flexibility index (Phi) is 5.30. The molecule has 0 aliphatic carbocycles.